The summed E-state index contributed by atoms with van der Waals surface area (Å²) in [6, 6.07) is 10.1. The van der Waals surface area contributed by atoms with Gasteiger partial charge in [0, 0.05) is 23.5 Å². The van der Waals surface area contributed by atoms with E-state index in [1.54, 1.807) is 0 Å². The van der Waals surface area contributed by atoms with Gasteiger partial charge in [0.2, 0.25) is 0 Å². The zero-order valence-corrected chi connectivity index (χ0v) is 10.8. The molecule has 0 atom stereocenters. The zero-order valence-electron chi connectivity index (χ0n) is 10.8. The third-order valence-corrected chi connectivity index (χ3v) is 3.09. The van der Waals surface area contributed by atoms with E-state index in [-0.39, 0.29) is 6.61 Å². The van der Waals surface area contributed by atoms with Gasteiger partial charge in [-0.1, -0.05) is 18.2 Å². The van der Waals surface area contributed by atoms with Crippen LogP contribution in [-0.4, -0.2) is 21.5 Å². The fourth-order valence-electron chi connectivity index (χ4n) is 2.05. The van der Waals surface area contributed by atoms with Crippen molar-refractivity contribution in [3.05, 3.63) is 47.3 Å². The van der Waals surface area contributed by atoms with Gasteiger partial charge in [-0.05, 0) is 26.0 Å². The smallest absolute Gasteiger partial charge is 0.0646 e. The Hall–Kier alpha value is -1.81. The molecule has 0 amide bonds. The van der Waals surface area contributed by atoms with Gasteiger partial charge in [0.05, 0.1) is 18.8 Å². The number of benzene rings is 1. The van der Waals surface area contributed by atoms with Gasteiger partial charge in [0.25, 0.3) is 0 Å². The fourth-order valence-corrected chi connectivity index (χ4v) is 2.05. The second-order valence-corrected chi connectivity index (χ2v) is 4.32. The lowest BCUT2D eigenvalue weighted by Gasteiger charge is -2.07. The molecule has 2 aromatic rings. The average Bonchev–Trinajstić information content (AvgIpc) is 2.64. The van der Waals surface area contributed by atoms with Gasteiger partial charge in [0.1, 0.15) is 0 Å². The van der Waals surface area contributed by atoms with Crippen LogP contribution in [0.4, 0.5) is 5.69 Å². The number of aryl methyl sites for hydroxylation is 1. The van der Waals surface area contributed by atoms with Crippen LogP contribution in [0.15, 0.2) is 30.3 Å². The number of rotatable bonds is 5. The lowest BCUT2D eigenvalue weighted by Crippen LogP contribution is -2.07. The molecule has 0 unspecified atom stereocenters. The molecule has 1 aromatic heterocycles. The number of hydrogen-bond donors (Lipinski definition) is 2. The number of aliphatic hydroxyl groups excluding tert-OH is 1. The summed E-state index contributed by atoms with van der Waals surface area (Å²) in [5.41, 5.74) is 4.44. The first-order valence-electron chi connectivity index (χ1n) is 6.15. The van der Waals surface area contributed by atoms with Crippen molar-refractivity contribution in [1.82, 2.24) is 9.78 Å². The Balaban J connectivity index is 2.10. The Morgan fingerprint density at radius 1 is 1.22 bits per heavy atom. The first-order chi connectivity index (χ1) is 8.72. The van der Waals surface area contributed by atoms with Gasteiger partial charge in [-0.2, -0.15) is 5.10 Å². The summed E-state index contributed by atoms with van der Waals surface area (Å²) in [5.74, 6) is 0. The summed E-state index contributed by atoms with van der Waals surface area (Å²) in [6.07, 6.45) is 0. The highest BCUT2D eigenvalue weighted by Gasteiger charge is 2.10. The molecule has 0 saturated carbocycles. The van der Waals surface area contributed by atoms with E-state index in [1.165, 1.54) is 5.56 Å². The summed E-state index contributed by atoms with van der Waals surface area (Å²) >= 11 is 0. The highest BCUT2D eigenvalue weighted by molar-refractivity contribution is 5.43. The largest absolute Gasteiger partial charge is 0.394 e. The Morgan fingerprint density at radius 2 is 1.94 bits per heavy atom. The first-order valence-corrected chi connectivity index (χ1v) is 6.15. The predicted octanol–water partition coefficient (Wildman–Crippen LogP) is 2.10. The van der Waals surface area contributed by atoms with Crippen LogP contribution in [0.2, 0.25) is 0 Å². The number of para-hydroxylation sites is 1. The van der Waals surface area contributed by atoms with Crippen LogP contribution in [0.1, 0.15) is 17.0 Å². The van der Waals surface area contributed by atoms with Crippen LogP contribution >= 0.6 is 0 Å². The minimum absolute atomic E-state index is 0.119. The van der Waals surface area contributed by atoms with Gasteiger partial charge < -0.3 is 10.4 Å². The molecule has 0 saturated heterocycles. The molecule has 0 spiro atoms. The van der Waals surface area contributed by atoms with Gasteiger partial charge in [-0.25, -0.2) is 0 Å². The maximum atomic E-state index is 8.98. The van der Waals surface area contributed by atoms with E-state index >= 15 is 0 Å². The van der Waals surface area contributed by atoms with Crippen molar-refractivity contribution in [2.45, 2.75) is 26.9 Å². The summed E-state index contributed by atoms with van der Waals surface area (Å²) in [5, 5.41) is 16.8. The molecule has 4 heteroatoms. The van der Waals surface area contributed by atoms with Crippen molar-refractivity contribution in [3.63, 3.8) is 0 Å². The third kappa shape index (κ3) is 2.71. The molecule has 0 radical (unpaired) electrons. The van der Waals surface area contributed by atoms with Crippen molar-refractivity contribution >= 4 is 5.69 Å². The Kier molecular flexibility index (Phi) is 3.99. The molecule has 0 fully saturated rings. The van der Waals surface area contributed by atoms with Gasteiger partial charge in [-0.15, -0.1) is 0 Å². The SMILES string of the molecule is Cc1nn(CCO)c(C)c1CNc1ccccc1. The molecular formula is C14H19N3O. The van der Waals surface area contributed by atoms with Crippen LogP contribution in [0.25, 0.3) is 0 Å². The first kappa shape index (κ1) is 12.6. The second-order valence-electron chi connectivity index (χ2n) is 4.32. The van der Waals surface area contributed by atoms with Crippen LogP contribution in [-0.2, 0) is 13.1 Å². The van der Waals surface area contributed by atoms with Gasteiger partial charge in [0.15, 0.2) is 0 Å². The van der Waals surface area contributed by atoms with Crippen LogP contribution in [0, 0.1) is 13.8 Å². The molecule has 1 heterocycles. The van der Waals surface area contributed by atoms with Gasteiger partial charge in [-0.3, -0.25) is 4.68 Å². The number of nitrogens with zero attached hydrogens (tertiary/aromatic N) is 2. The third-order valence-electron chi connectivity index (χ3n) is 3.09. The molecule has 0 aliphatic heterocycles. The Bertz CT molecular complexity index is 505. The van der Waals surface area contributed by atoms with E-state index in [1.807, 2.05) is 48.9 Å². The lowest BCUT2D eigenvalue weighted by molar-refractivity contribution is 0.268. The molecule has 4 nitrogen and oxygen atoms in total. The summed E-state index contributed by atoms with van der Waals surface area (Å²) < 4.78 is 1.86. The fraction of sp³-hybridized carbons (Fsp3) is 0.357. The molecule has 0 bridgehead atoms. The van der Waals surface area contributed by atoms with Crippen LogP contribution in [0.5, 0.6) is 0 Å². The highest BCUT2D eigenvalue weighted by atomic mass is 16.3. The minimum atomic E-state index is 0.119. The number of nitrogens with one attached hydrogen (secondary N) is 1. The molecule has 96 valence electrons. The van der Waals surface area contributed by atoms with E-state index in [0.717, 1.165) is 23.6 Å². The lowest BCUT2D eigenvalue weighted by atomic mass is 10.2. The van der Waals surface area contributed by atoms with Gasteiger partial charge >= 0.3 is 0 Å². The molecule has 2 rings (SSSR count). The highest BCUT2D eigenvalue weighted by Crippen LogP contribution is 2.15. The maximum Gasteiger partial charge on any atom is 0.0646 e. The van der Waals surface area contributed by atoms with Crippen molar-refractivity contribution in [3.8, 4) is 0 Å². The summed E-state index contributed by atoms with van der Waals surface area (Å²) in [7, 11) is 0. The second kappa shape index (κ2) is 5.69. The van der Waals surface area contributed by atoms with E-state index in [9.17, 15) is 0 Å². The normalized spacial score (nSPS) is 10.6. The van der Waals surface area contributed by atoms with Crippen molar-refractivity contribution in [2.75, 3.05) is 11.9 Å². The Morgan fingerprint density at radius 3 is 2.61 bits per heavy atom. The molecule has 2 N–H and O–H groups in total. The quantitative estimate of drug-likeness (QED) is 0.848. The molecule has 1 aromatic carbocycles. The van der Waals surface area contributed by atoms with Crippen molar-refractivity contribution < 1.29 is 5.11 Å². The summed E-state index contributed by atoms with van der Waals surface area (Å²) in [6.45, 7) is 5.47. The number of aromatic nitrogens is 2. The number of anilines is 1. The van der Waals surface area contributed by atoms with Crippen molar-refractivity contribution in [1.29, 1.82) is 0 Å². The Labute approximate surface area is 107 Å². The van der Waals surface area contributed by atoms with E-state index in [4.69, 9.17) is 5.11 Å². The predicted molar refractivity (Wildman–Crippen MR) is 72.6 cm³/mol. The van der Waals surface area contributed by atoms with Crippen LogP contribution < -0.4 is 5.32 Å². The topological polar surface area (TPSA) is 50.1 Å². The number of aliphatic hydroxyl groups is 1. The van der Waals surface area contributed by atoms with E-state index < -0.39 is 0 Å². The molecular weight excluding hydrogens is 226 g/mol. The molecule has 18 heavy (non-hydrogen) atoms. The average molecular weight is 245 g/mol. The zero-order chi connectivity index (χ0) is 13.0. The molecule has 0 aliphatic carbocycles. The standard InChI is InChI=1S/C14H19N3O/c1-11-14(12(2)17(16-11)8-9-18)10-15-13-6-4-3-5-7-13/h3-7,15,18H,8-10H2,1-2H3. The van der Waals surface area contributed by atoms with E-state index in [2.05, 4.69) is 10.4 Å². The van der Waals surface area contributed by atoms with E-state index in [0.29, 0.717) is 6.54 Å². The summed E-state index contributed by atoms with van der Waals surface area (Å²) in [4.78, 5) is 0. The van der Waals surface area contributed by atoms with Crippen LogP contribution in [0.3, 0.4) is 0 Å². The maximum absolute atomic E-state index is 8.98. The number of hydrogen-bond acceptors (Lipinski definition) is 3. The van der Waals surface area contributed by atoms with Crippen molar-refractivity contribution in [2.24, 2.45) is 0 Å². The monoisotopic (exact) mass is 245 g/mol. The minimum Gasteiger partial charge on any atom is -0.394 e. The molecule has 0 aliphatic rings.